The topological polar surface area (TPSA) is 55.4 Å². The molecule has 0 aliphatic rings. The molecule has 1 N–H and O–H groups in total. The fourth-order valence-electron chi connectivity index (χ4n) is 2.60. The third-order valence-electron chi connectivity index (χ3n) is 4.03. The summed E-state index contributed by atoms with van der Waals surface area (Å²) in [6.07, 6.45) is -2.06. The third kappa shape index (κ3) is 5.68. The summed E-state index contributed by atoms with van der Waals surface area (Å²) in [7, 11) is 0. The van der Waals surface area contributed by atoms with Crippen LogP contribution in [0.1, 0.15) is 11.1 Å². The van der Waals surface area contributed by atoms with Crippen molar-refractivity contribution >= 4 is 34.4 Å². The average Bonchev–Trinajstić information content (AvgIpc) is 2.70. The molecule has 7 heteroatoms. The Morgan fingerprint density at radius 3 is 2.31 bits per heavy atom. The molecule has 148 valence electrons. The summed E-state index contributed by atoms with van der Waals surface area (Å²) in [4.78, 5) is 23.6. The van der Waals surface area contributed by atoms with Crippen molar-refractivity contribution in [3.05, 3.63) is 83.9 Å². The van der Waals surface area contributed by atoms with Gasteiger partial charge in [0, 0.05) is 11.8 Å². The van der Waals surface area contributed by atoms with Crippen molar-refractivity contribution in [3.8, 4) is 0 Å². The number of nitrogens with one attached hydrogen (secondary N) is 1. The van der Waals surface area contributed by atoms with Crippen LogP contribution >= 0.6 is 0 Å². The Kier molecular flexibility index (Phi) is 5.97. The number of benzene rings is 3. The Hall–Kier alpha value is -3.61. The Morgan fingerprint density at radius 1 is 0.931 bits per heavy atom. The van der Waals surface area contributed by atoms with Crippen molar-refractivity contribution in [2.75, 3.05) is 11.9 Å². The molecule has 0 aliphatic carbocycles. The van der Waals surface area contributed by atoms with Crippen LogP contribution in [-0.2, 0) is 20.5 Å². The second-order valence-electron chi connectivity index (χ2n) is 6.17. The number of anilines is 1. The zero-order valence-electron chi connectivity index (χ0n) is 15.1. The molecule has 3 aromatic rings. The van der Waals surface area contributed by atoms with Gasteiger partial charge in [0.1, 0.15) is 0 Å². The lowest BCUT2D eigenvalue weighted by atomic mass is 10.1. The molecule has 0 radical (unpaired) electrons. The molecule has 29 heavy (non-hydrogen) atoms. The van der Waals surface area contributed by atoms with Crippen LogP contribution in [0.3, 0.4) is 0 Å². The molecule has 4 nitrogen and oxygen atoms in total. The summed E-state index contributed by atoms with van der Waals surface area (Å²) in [6, 6.07) is 17.4. The minimum Gasteiger partial charge on any atom is -0.452 e. The van der Waals surface area contributed by atoms with Crippen molar-refractivity contribution in [1.82, 2.24) is 0 Å². The molecule has 0 saturated carbocycles. The molecule has 0 spiro atoms. The van der Waals surface area contributed by atoms with Crippen LogP contribution in [0.25, 0.3) is 16.8 Å². The second kappa shape index (κ2) is 8.60. The molecule has 3 aromatic carbocycles. The summed E-state index contributed by atoms with van der Waals surface area (Å²) >= 11 is 0. The highest BCUT2D eigenvalue weighted by Gasteiger charge is 2.29. The number of halogens is 3. The standard InChI is InChI=1S/C22H16F3NO3/c23-22(24,25)18-9-5-15(6-10-18)7-12-21(28)29-14-20(27)26-19-11-8-16-3-1-2-4-17(16)13-19/h1-13H,14H2,(H,26,27)/b12-7+. The Balaban J connectivity index is 1.50. The minimum atomic E-state index is -4.42. The largest absolute Gasteiger partial charge is 0.452 e. The second-order valence-corrected chi connectivity index (χ2v) is 6.17. The molecular formula is C22H16F3NO3. The van der Waals surface area contributed by atoms with Gasteiger partial charge in [-0.1, -0.05) is 42.5 Å². The molecule has 0 atom stereocenters. The van der Waals surface area contributed by atoms with E-state index in [0.717, 1.165) is 29.0 Å². The maximum Gasteiger partial charge on any atom is 0.416 e. The number of alkyl halides is 3. The summed E-state index contributed by atoms with van der Waals surface area (Å²) in [5, 5.41) is 4.63. The minimum absolute atomic E-state index is 0.399. The van der Waals surface area contributed by atoms with Crippen molar-refractivity contribution in [2.24, 2.45) is 0 Å². The fourth-order valence-corrected chi connectivity index (χ4v) is 2.60. The number of rotatable bonds is 5. The number of carbonyl (C=O) groups is 2. The van der Waals surface area contributed by atoms with Crippen molar-refractivity contribution in [2.45, 2.75) is 6.18 Å². The van der Waals surface area contributed by atoms with E-state index < -0.39 is 30.2 Å². The number of hydrogen-bond donors (Lipinski definition) is 1. The van der Waals surface area contributed by atoms with E-state index in [9.17, 15) is 22.8 Å². The van der Waals surface area contributed by atoms with Gasteiger partial charge >= 0.3 is 12.1 Å². The molecule has 0 bridgehead atoms. The van der Waals surface area contributed by atoms with Gasteiger partial charge < -0.3 is 10.1 Å². The number of esters is 1. The van der Waals surface area contributed by atoms with Gasteiger partial charge in [-0.2, -0.15) is 13.2 Å². The van der Waals surface area contributed by atoms with Gasteiger partial charge in [0.15, 0.2) is 6.61 Å². The lowest BCUT2D eigenvalue weighted by Crippen LogP contribution is -2.20. The summed E-state index contributed by atoms with van der Waals surface area (Å²) < 4.78 is 42.4. The molecule has 3 rings (SSSR count). The van der Waals surface area contributed by atoms with Gasteiger partial charge in [-0.15, -0.1) is 0 Å². The van der Waals surface area contributed by atoms with Crippen LogP contribution in [0.4, 0.5) is 18.9 Å². The molecule has 0 unspecified atom stereocenters. The molecule has 0 aromatic heterocycles. The Labute approximate surface area is 164 Å². The summed E-state index contributed by atoms with van der Waals surface area (Å²) in [5.74, 6) is -1.28. The van der Waals surface area contributed by atoms with E-state index in [1.165, 1.54) is 18.2 Å². The number of carbonyl (C=O) groups excluding carboxylic acids is 2. The van der Waals surface area contributed by atoms with Crippen LogP contribution in [0.5, 0.6) is 0 Å². The predicted octanol–water partition coefficient (Wildman–Crippen LogP) is 5.05. The molecular weight excluding hydrogens is 383 g/mol. The first-order valence-electron chi connectivity index (χ1n) is 8.62. The smallest absolute Gasteiger partial charge is 0.416 e. The van der Waals surface area contributed by atoms with Crippen LogP contribution in [-0.4, -0.2) is 18.5 Å². The normalized spacial score (nSPS) is 11.6. The van der Waals surface area contributed by atoms with E-state index in [2.05, 4.69) is 5.32 Å². The van der Waals surface area contributed by atoms with Gasteiger partial charge in [-0.05, 0) is 46.7 Å². The average molecular weight is 399 g/mol. The number of amides is 1. The van der Waals surface area contributed by atoms with Crippen molar-refractivity contribution in [1.29, 1.82) is 0 Å². The van der Waals surface area contributed by atoms with Gasteiger partial charge in [-0.3, -0.25) is 4.79 Å². The fraction of sp³-hybridized carbons (Fsp3) is 0.0909. The van der Waals surface area contributed by atoms with E-state index in [-0.39, 0.29) is 0 Å². The summed E-state index contributed by atoms with van der Waals surface area (Å²) in [6.45, 7) is -0.483. The first-order valence-corrected chi connectivity index (χ1v) is 8.62. The molecule has 0 heterocycles. The van der Waals surface area contributed by atoms with Crippen molar-refractivity contribution in [3.63, 3.8) is 0 Å². The highest BCUT2D eigenvalue weighted by molar-refractivity contribution is 5.96. The number of hydrogen-bond acceptors (Lipinski definition) is 3. The zero-order chi connectivity index (χ0) is 20.9. The van der Waals surface area contributed by atoms with Crippen LogP contribution in [0.2, 0.25) is 0 Å². The number of ether oxygens (including phenoxy) is 1. The lowest BCUT2D eigenvalue weighted by molar-refractivity contribution is -0.142. The maximum absolute atomic E-state index is 12.5. The SMILES string of the molecule is O=C(COC(=O)/C=C/c1ccc(C(F)(F)F)cc1)Nc1ccc2ccccc2c1. The summed E-state index contributed by atoms with van der Waals surface area (Å²) in [5.41, 5.74) is 0.197. The molecule has 1 amide bonds. The van der Waals surface area contributed by atoms with Crippen molar-refractivity contribution < 1.29 is 27.5 Å². The first-order chi connectivity index (χ1) is 13.8. The van der Waals surface area contributed by atoms with Crippen LogP contribution < -0.4 is 5.32 Å². The predicted molar refractivity (Wildman–Crippen MR) is 104 cm³/mol. The quantitative estimate of drug-likeness (QED) is 0.482. The van der Waals surface area contributed by atoms with Gasteiger partial charge in [0.25, 0.3) is 5.91 Å². The van der Waals surface area contributed by atoms with E-state index in [0.29, 0.717) is 11.3 Å². The zero-order valence-corrected chi connectivity index (χ0v) is 15.1. The van der Waals surface area contributed by atoms with Gasteiger partial charge in [-0.25, -0.2) is 4.79 Å². The lowest BCUT2D eigenvalue weighted by Gasteiger charge is -2.07. The Morgan fingerprint density at radius 2 is 1.62 bits per heavy atom. The maximum atomic E-state index is 12.5. The molecule has 0 aliphatic heterocycles. The highest BCUT2D eigenvalue weighted by atomic mass is 19.4. The number of fused-ring (bicyclic) bond motifs is 1. The molecule has 0 saturated heterocycles. The first kappa shape index (κ1) is 20.1. The highest BCUT2D eigenvalue weighted by Crippen LogP contribution is 2.29. The molecule has 0 fully saturated rings. The van der Waals surface area contributed by atoms with E-state index in [1.807, 2.05) is 30.3 Å². The van der Waals surface area contributed by atoms with E-state index >= 15 is 0 Å². The van der Waals surface area contributed by atoms with Gasteiger partial charge in [0.05, 0.1) is 5.56 Å². The van der Waals surface area contributed by atoms with E-state index in [1.54, 1.807) is 12.1 Å². The monoisotopic (exact) mass is 399 g/mol. The van der Waals surface area contributed by atoms with Crippen LogP contribution in [0.15, 0.2) is 72.8 Å². The van der Waals surface area contributed by atoms with E-state index in [4.69, 9.17) is 4.74 Å². The Bertz CT molecular complexity index is 1060. The van der Waals surface area contributed by atoms with Gasteiger partial charge in [0.2, 0.25) is 0 Å². The third-order valence-corrected chi connectivity index (χ3v) is 4.03. The van der Waals surface area contributed by atoms with Crippen LogP contribution in [0, 0.1) is 0 Å².